The summed E-state index contributed by atoms with van der Waals surface area (Å²) in [5.74, 6) is 1.25. The van der Waals surface area contributed by atoms with E-state index in [2.05, 4.69) is 0 Å². The molecule has 1 aliphatic carbocycles. The van der Waals surface area contributed by atoms with Crippen LogP contribution in [0.3, 0.4) is 0 Å². The molecule has 1 aromatic rings. The van der Waals surface area contributed by atoms with Gasteiger partial charge in [-0.1, -0.05) is 17.7 Å². The van der Waals surface area contributed by atoms with E-state index in [0.29, 0.717) is 23.7 Å². The van der Waals surface area contributed by atoms with Crippen LogP contribution in [0.2, 0.25) is 0 Å². The second-order valence-corrected chi connectivity index (χ2v) is 4.17. The van der Waals surface area contributed by atoms with Crippen LogP contribution in [0.25, 0.3) is 0 Å². The third-order valence-electron chi connectivity index (χ3n) is 2.61. The molecule has 3 nitrogen and oxygen atoms in total. The summed E-state index contributed by atoms with van der Waals surface area (Å²) in [5.41, 5.74) is 1.45. The highest BCUT2D eigenvalue weighted by atomic mass is 16.5. The minimum atomic E-state index is -1.46. The Morgan fingerprint density at radius 3 is 2.73 bits per heavy atom. The van der Waals surface area contributed by atoms with E-state index in [-0.39, 0.29) is 0 Å². The molecular formula is C11H15BO3. The van der Waals surface area contributed by atoms with E-state index >= 15 is 0 Å². The summed E-state index contributed by atoms with van der Waals surface area (Å²) < 4.78 is 5.56. The first-order valence-corrected chi connectivity index (χ1v) is 5.26. The lowest BCUT2D eigenvalue weighted by Crippen LogP contribution is -2.31. The maximum atomic E-state index is 9.19. The van der Waals surface area contributed by atoms with Gasteiger partial charge in [0, 0.05) is 5.46 Å². The topological polar surface area (TPSA) is 49.7 Å². The van der Waals surface area contributed by atoms with Gasteiger partial charge in [0.05, 0.1) is 6.61 Å². The smallest absolute Gasteiger partial charge is 0.492 e. The monoisotopic (exact) mass is 206 g/mol. The number of aryl methyl sites for hydroxylation is 1. The molecule has 0 aliphatic heterocycles. The Bertz CT molecular complexity index is 348. The van der Waals surface area contributed by atoms with E-state index in [1.54, 1.807) is 12.1 Å². The predicted octanol–water partition coefficient (Wildman–Crippen LogP) is 0.464. The zero-order chi connectivity index (χ0) is 10.8. The third-order valence-corrected chi connectivity index (χ3v) is 2.61. The van der Waals surface area contributed by atoms with Crippen molar-refractivity contribution in [1.82, 2.24) is 0 Å². The molecule has 80 valence electrons. The zero-order valence-corrected chi connectivity index (χ0v) is 8.81. The Hall–Kier alpha value is -0.995. The average Bonchev–Trinajstić information content (AvgIpc) is 2.99. The van der Waals surface area contributed by atoms with Crippen molar-refractivity contribution >= 4 is 12.6 Å². The predicted molar refractivity (Wildman–Crippen MR) is 59.2 cm³/mol. The molecule has 1 aromatic carbocycles. The van der Waals surface area contributed by atoms with Crippen molar-refractivity contribution in [3.63, 3.8) is 0 Å². The lowest BCUT2D eigenvalue weighted by Gasteiger charge is -2.11. The fraction of sp³-hybridized carbons (Fsp3) is 0.455. The molecule has 1 fully saturated rings. The summed E-state index contributed by atoms with van der Waals surface area (Å²) in [6.07, 6.45) is 2.45. The Morgan fingerprint density at radius 1 is 1.40 bits per heavy atom. The van der Waals surface area contributed by atoms with Gasteiger partial charge in [-0.25, -0.2) is 0 Å². The molecule has 4 heteroatoms. The number of benzene rings is 1. The first-order chi connectivity index (χ1) is 7.16. The van der Waals surface area contributed by atoms with Gasteiger partial charge in [0.25, 0.3) is 0 Å². The lowest BCUT2D eigenvalue weighted by molar-refractivity contribution is 0.300. The molecule has 0 aromatic heterocycles. The fourth-order valence-electron chi connectivity index (χ4n) is 1.49. The molecule has 2 rings (SSSR count). The summed E-state index contributed by atoms with van der Waals surface area (Å²) in [6.45, 7) is 2.60. The van der Waals surface area contributed by atoms with Crippen LogP contribution in [0.4, 0.5) is 0 Å². The van der Waals surface area contributed by atoms with Crippen molar-refractivity contribution in [2.75, 3.05) is 6.61 Å². The van der Waals surface area contributed by atoms with E-state index in [0.717, 1.165) is 5.56 Å². The van der Waals surface area contributed by atoms with Gasteiger partial charge in [-0.05, 0) is 31.7 Å². The van der Waals surface area contributed by atoms with Crippen LogP contribution in [-0.2, 0) is 0 Å². The minimum Gasteiger partial charge on any atom is -0.494 e. The Labute approximate surface area is 89.8 Å². The van der Waals surface area contributed by atoms with Crippen molar-refractivity contribution in [2.45, 2.75) is 19.8 Å². The zero-order valence-electron chi connectivity index (χ0n) is 8.81. The molecule has 2 N–H and O–H groups in total. The number of rotatable bonds is 4. The molecule has 0 spiro atoms. The van der Waals surface area contributed by atoms with Gasteiger partial charge in [0.1, 0.15) is 5.75 Å². The quantitative estimate of drug-likeness (QED) is 0.703. The van der Waals surface area contributed by atoms with E-state index in [1.807, 2.05) is 13.0 Å². The van der Waals surface area contributed by atoms with Crippen molar-refractivity contribution in [1.29, 1.82) is 0 Å². The Morgan fingerprint density at radius 2 is 2.13 bits per heavy atom. The molecule has 0 bridgehead atoms. The van der Waals surface area contributed by atoms with Crippen LogP contribution in [0, 0.1) is 12.8 Å². The normalized spacial score (nSPS) is 15.1. The van der Waals surface area contributed by atoms with Crippen LogP contribution in [0.15, 0.2) is 18.2 Å². The number of hydrogen-bond acceptors (Lipinski definition) is 3. The summed E-state index contributed by atoms with van der Waals surface area (Å²) in [6, 6.07) is 5.45. The van der Waals surface area contributed by atoms with Crippen LogP contribution < -0.4 is 10.2 Å². The molecule has 0 heterocycles. The molecular weight excluding hydrogens is 191 g/mol. The van der Waals surface area contributed by atoms with Gasteiger partial charge in [0.2, 0.25) is 0 Å². The number of hydrogen-bond donors (Lipinski definition) is 2. The van der Waals surface area contributed by atoms with Crippen LogP contribution in [-0.4, -0.2) is 23.8 Å². The minimum absolute atomic E-state index is 0.454. The summed E-state index contributed by atoms with van der Waals surface area (Å²) in [4.78, 5) is 0. The summed E-state index contributed by atoms with van der Waals surface area (Å²) in [5, 5.41) is 18.4. The standard InChI is InChI=1S/C11H15BO3/c1-8-2-5-11(10(6-8)12(13)14)15-7-9-3-4-9/h2,5-6,9,13-14H,3-4,7H2,1H3. The van der Waals surface area contributed by atoms with Gasteiger partial charge in [0.15, 0.2) is 0 Å². The highest BCUT2D eigenvalue weighted by Crippen LogP contribution is 2.29. The van der Waals surface area contributed by atoms with Crippen molar-refractivity contribution in [2.24, 2.45) is 5.92 Å². The maximum absolute atomic E-state index is 9.19. The van der Waals surface area contributed by atoms with Crippen LogP contribution in [0.1, 0.15) is 18.4 Å². The van der Waals surface area contributed by atoms with E-state index < -0.39 is 7.12 Å². The Kier molecular flexibility index (Phi) is 2.98. The Balaban J connectivity index is 2.12. The van der Waals surface area contributed by atoms with Gasteiger partial charge in [-0.2, -0.15) is 0 Å². The fourth-order valence-corrected chi connectivity index (χ4v) is 1.49. The van der Waals surface area contributed by atoms with E-state index in [4.69, 9.17) is 4.74 Å². The van der Waals surface area contributed by atoms with Gasteiger partial charge < -0.3 is 14.8 Å². The average molecular weight is 206 g/mol. The SMILES string of the molecule is Cc1ccc(OCC2CC2)c(B(O)O)c1. The van der Waals surface area contributed by atoms with E-state index in [1.165, 1.54) is 12.8 Å². The summed E-state index contributed by atoms with van der Waals surface area (Å²) >= 11 is 0. The van der Waals surface area contributed by atoms with Crippen molar-refractivity contribution < 1.29 is 14.8 Å². The molecule has 0 unspecified atom stereocenters. The molecule has 15 heavy (non-hydrogen) atoms. The summed E-state index contributed by atoms with van der Waals surface area (Å²) in [7, 11) is -1.46. The first kappa shape index (κ1) is 10.5. The van der Waals surface area contributed by atoms with Crippen LogP contribution >= 0.6 is 0 Å². The number of ether oxygens (including phenoxy) is 1. The lowest BCUT2D eigenvalue weighted by atomic mass is 9.79. The second kappa shape index (κ2) is 4.25. The van der Waals surface area contributed by atoms with Gasteiger partial charge >= 0.3 is 7.12 Å². The third kappa shape index (κ3) is 2.73. The van der Waals surface area contributed by atoms with Gasteiger partial charge in [-0.15, -0.1) is 0 Å². The highest BCUT2D eigenvalue weighted by Gasteiger charge is 2.23. The molecule has 0 amide bonds. The maximum Gasteiger partial charge on any atom is 0.492 e. The molecule has 1 saturated carbocycles. The molecule has 0 radical (unpaired) electrons. The van der Waals surface area contributed by atoms with Crippen molar-refractivity contribution in [3.05, 3.63) is 23.8 Å². The highest BCUT2D eigenvalue weighted by molar-refractivity contribution is 6.59. The van der Waals surface area contributed by atoms with Crippen molar-refractivity contribution in [3.8, 4) is 5.75 Å². The van der Waals surface area contributed by atoms with E-state index in [9.17, 15) is 10.0 Å². The van der Waals surface area contributed by atoms with Gasteiger partial charge in [-0.3, -0.25) is 0 Å². The largest absolute Gasteiger partial charge is 0.494 e. The first-order valence-electron chi connectivity index (χ1n) is 5.26. The molecule has 0 saturated heterocycles. The van der Waals surface area contributed by atoms with Crippen LogP contribution in [0.5, 0.6) is 5.75 Å². The molecule has 0 atom stereocenters. The second-order valence-electron chi connectivity index (χ2n) is 4.17. The molecule has 1 aliphatic rings.